The summed E-state index contributed by atoms with van der Waals surface area (Å²) in [6.45, 7) is 2.00. The molecule has 6 nitrogen and oxygen atoms in total. The van der Waals surface area contributed by atoms with Crippen molar-refractivity contribution in [2.45, 2.75) is 13.3 Å². The minimum absolute atomic E-state index is 0.00640. The summed E-state index contributed by atoms with van der Waals surface area (Å²) in [6, 6.07) is 20.4. The van der Waals surface area contributed by atoms with E-state index < -0.39 is 11.2 Å². The summed E-state index contributed by atoms with van der Waals surface area (Å²) in [6.07, 6.45) is 0.764. The second-order valence-electron chi connectivity index (χ2n) is 7.34. The van der Waals surface area contributed by atoms with Gasteiger partial charge in [0.05, 0.1) is 5.69 Å². The second-order valence-corrected chi connectivity index (χ2v) is 7.34. The lowest BCUT2D eigenvalue weighted by atomic mass is 9.98. The van der Waals surface area contributed by atoms with E-state index in [0.29, 0.717) is 16.7 Å². The standard InChI is InChI=1S/C25H17N3O3/c1-2-14-6-5-8-16(12-14)28-23(27)18(13-26)21-20-17-9-4-3-7-15(17)10-11-19(20)31-25(30)22(21)24(28)29/h3-12H,2,27H2,1H3. The number of pyridine rings is 1. The first-order valence-corrected chi connectivity index (χ1v) is 9.87. The third-order valence-electron chi connectivity index (χ3n) is 5.65. The molecule has 31 heavy (non-hydrogen) atoms. The third-order valence-corrected chi connectivity index (χ3v) is 5.65. The first-order valence-electron chi connectivity index (χ1n) is 9.87. The van der Waals surface area contributed by atoms with Crippen LogP contribution in [-0.4, -0.2) is 4.57 Å². The molecular weight excluding hydrogens is 390 g/mol. The van der Waals surface area contributed by atoms with E-state index in [1.165, 1.54) is 4.57 Å². The fraction of sp³-hybridized carbons (Fsp3) is 0.0800. The molecule has 0 aliphatic rings. The van der Waals surface area contributed by atoms with Gasteiger partial charge >= 0.3 is 5.63 Å². The molecule has 2 heterocycles. The number of nitrogens with two attached hydrogens (primary N) is 1. The molecule has 0 saturated carbocycles. The number of hydrogen-bond donors (Lipinski definition) is 1. The number of nitrogen functional groups attached to an aromatic ring is 1. The van der Waals surface area contributed by atoms with Crippen molar-refractivity contribution in [3.8, 4) is 11.8 Å². The van der Waals surface area contributed by atoms with Gasteiger partial charge in [0.25, 0.3) is 5.56 Å². The lowest BCUT2D eigenvalue weighted by molar-refractivity contribution is 0.569. The maximum atomic E-state index is 13.5. The first-order chi connectivity index (χ1) is 15.0. The average molecular weight is 407 g/mol. The van der Waals surface area contributed by atoms with Gasteiger partial charge in [-0.1, -0.05) is 49.4 Å². The topological polar surface area (TPSA) is 102 Å². The molecule has 2 aromatic heterocycles. The predicted molar refractivity (Wildman–Crippen MR) is 122 cm³/mol. The molecule has 5 rings (SSSR count). The lowest BCUT2D eigenvalue weighted by Crippen LogP contribution is -2.27. The number of anilines is 1. The molecule has 0 fully saturated rings. The molecule has 0 bridgehead atoms. The molecule has 0 unspecified atom stereocenters. The van der Waals surface area contributed by atoms with E-state index >= 15 is 0 Å². The molecule has 2 N–H and O–H groups in total. The first kappa shape index (κ1) is 18.6. The maximum absolute atomic E-state index is 13.5. The Morgan fingerprint density at radius 3 is 2.58 bits per heavy atom. The largest absolute Gasteiger partial charge is 0.422 e. The Hall–Kier alpha value is -4.37. The van der Waals surface area contributed by atoms with Gasteiger partial charge in [0.15, 0.2) is 0 Å². The van der Waals surface area contributed by atoms with E-state index in [0.717, 1.165) is 22.8 Å². The third kappa shape index (κ3) is 2.64. The lowest BCUT2D eigenvalue weighted by Gasteiger charge is -2.15. The molecule has 0 aliphatic heterocycles. The monoisotopic (exact) mass is 407 g/mol. The Bertz CT molecular complexity index is 1690. The molecule has 6 heteroatoms. The van der Waals surface area contributed by atoms with Crippen LogP contribution in [0.5, 0.6) is 0 Å². The zero-order valence-electron chi connectivity index (χ0n) is 16.7. The van der Waals surface area contributed by atoms with Gasteiger partial charge in [0.1, 0.15) is 28.4 Å². The molecule has 0 aliphatic carbocycles. The summed E-state index contributed by atoms with van der Waals surface area (Å²) in [4.78, 5) is 26.4. The summed E-state index contributed by atoms with van der Waals surface area (Å²) in [5, 5.41) is 12.3. The van der Waals surface area contributed by atoms with Crippen LogP contribution in [-0.2, 0) is 6.42 Å². The van der Waals surface area contributed by atoms with Crippen LogP contribution >= 0.6 is 0 Å². The number of aromatic nitrogens is 1. The summed E-state index contributed by atoms with van der Waals surface area (Å²) >= 11 is 0. The van der Waals surface area contributed by atoms with Crippen LogP contribution < -0.4 is 16.9 Å². The molecule has 5 aromatic rings. The molecule has 0 radical (unpaired) electrons. The van der Waals surface area contributed by atoms with Crippen LogP contribution in [0, 0.1) is 11.3 Å². The SMILES string of the molecule is CCc1cccc(-n2c(N)c(C#N)c3c(c(=O)oc4ccc5ccccc5c43)c2=O)c1. The molecule has 0 amide bonds. The van der Waals surface area contributed by atoms with Gasteiger partial charge in [-0.3, -0.25) is 9.36 Å². The Labute approximate surface area is 176 Å². The van der Waals surface area contributed by atoms with E-state index in [-0.39, 0.29) is 22.2 Å². The highest BCUT2D eigenvalue weighted by Gasteiger charge is 2.23. The highest BCUT2D eigenvalue weighted by Crippen LogP contribution is 2.33. The van der Waals surface area contributed by atoms with E-state index in [9.17, 15) is 14.9 Å². The highest BCUT2D eigenvalue weighted by atomic mass is 16.4. The molecule has 150 valence electrons. The van der Waals surface area contributed by atoms with Gasteiger partial charge in [-0.05, 0) is 41.0 Å². The van der Waals surface area contributed by atoms with E-state index in [4.69, 9.17) is 10.2 Å². The summed E-state index contributed by atoms with van der Waals surface area (Å²) in [5.41, 5.74) is 6.85. The van der Waals surface area contributed by atoms with Crippen LogP contribution in [0.3, 0.4) is 0 Å². The fourth-order valence-electron chi connectivity index (χ4n) is 4.16. The number of fused-ring (bicyclic) bond motifs is 5. The van der Waals surface area contributed by atoms with Crippen molar-refractivity contribution in [3.63, 3.8) is 0 Å². The van der Waals surface area contributed by atoms with E-state index in [2.05, 4.69) is 6.07 Å². The van der Waals surface area contributed by atoms with Gasteiger partial charge in [0, 0.05) is 10.8 Å². The molecule has 3 aromatic carbocycles. The second kappa shape index (κ2) is 6.85. The molecule has 0 spiro atoms. The molecule has 0 atom stereocenters. The highest BCUT2D eigenvalue weighted by molar-refractivity contribution is 6.20. The summed E-state index contributed by atoms with van der Waals surface area (Å²) < 4.78 is 6.74. The number of hydrogen-bond acceptors (Lipinski definition) is 5. The van der Waals surface area contributed by atoms with Crippen molar-refractivity contribution < 1.29 is 4.42 Å². The van der Waals surface area contributed by atoms with Crippen molar-refractivity contribution in [1.29, 1.82) is 5.26 Å². The Kier molecular flexibility index (Phi) is 4.12. The van der Waals surface area contributed by atoms with Gasteiger partial charge in [-0.25, -0.2) is 4.79 Å². The molecule has 0 saturated heterocycles. The Balaban J connectivity index is 2.07. The van der Waals surface area contributed by atoms with Crippen LogP contribution in [0.25, 0.3) is 38.2 Å². The number of nitrogens with zero attached hydrogens (tertiary/aromatic N) is 2. The maximum Gasteiger partial charge on any atom is 0.349 e. The van der Waals surface area contributed by atoms with Crippen molar-refractivity contribution >= 4 is 38.3 Å². The Morgan fingerprint density at radius 1 is 1.00 bits per heavy atom. The molecular formula is C25H17N3O3. The van der Waals surface area contributed by atoms with Crippen molar-refractivity contribution in [1.82, 2.24) is 4.57 Å². The summed E-state index contributed by atoms with van der Waals surface area (Å²) in [7, 11) is 0. The zero-order chi connectivity index (χ0) is 21.7. The quantitative estimate of drug-likeness (QED) is 0.348. The Morgan fingerprint density at radius 2 is 1.81 bits per heavy atom. The van der Waals surface area contributed by atoms with Gasteiger partial charge in [-0.2, -0.15) is 5.26 Å². The number of benzene rings is 3. The van der Waals surface area contributed by atoms with Crippen LogP contribution in [0.1, 0.15) is 18.1 Å². The van der Waals surface area contributed by atoms with Crippen molar-refractivity contribution in [2.75, 3.05) is 5.73 Å². The van der Waals surface area contributed by atoms with Gasteiger partial charge in [0.2, 0.25) is 0 Å². The van der Waals surface area contributed by atoms with Gasteiger partial charge < -0.3 is 10.2 Å². The average Bonchev–Trinajstić information content (AvgIpc) is 2.79. The number of aryl methyl sites for hydroxylation is 1. The number of nitriles is 1. The predicted octanol–water partition coefficient (Wildman–Crippen LogP) is 4.27. The number of rotatable bonds is 2. The normalized spacial score (nSPS) is 11.2. The van der Waals surface area contributed by atoms with Crippen LogP contribution in [0.4, 0.5) is 5.82 Å². The van der Waals surface area contributed by atoms with Crippen LogP contribution in [0.15, 0.2) is 74.7 Å². The van der Waals surface area contributed by atoms with E-state index in [1.54, 1.807) is 12.1 Å². The zero-order valence-corrected chi connectivity index (χ0v) is 16.7. The fourth-order valence-corrected chi connectivity index (χ4v) is 4.16. The van der Waals surface area contributed by atoms with Crippen molar-refractivity contribution in [3.05, 3.63) is 92.6 Å². The van der Waals surface area contributed by atoms with Crippen LogP contribution in [0.2, 0.25) is 0 Å². The smallest absolute Gasteiger partial charge is 0.349 e. The van der Waals surface area contributed by atoms with E-state index in [1.807, 2.05) is 55.5 Å². The van der Waals surface area contributed by atoms with Gasteiger partial charge in [-0.15, -0.1) is 0 Å². The minimum atomic E-state index is -0.792. The van der Waals surface area contributed by atoms with Crippen molar-refractivity contribution in [2.24, 2.45) is 0 Å². The summed E-state index contributed by atoms with van der Waals surface area (Å²) in [5.74, 6) is -0.00640. The minimum Gasteiger partial charge on any atom is -0.422 e.